The second-order valence-electron chi connectivity index (χ2n) is 5.49. The van der Waals surface area contributed by atoms with Gasteiger partial charge in [0, 0.05) is 38.9 Å². The number of piperazine rings is 1. The Kier molecular flexibility index (Phi) is 4.85. The molecule has 0 unspecified atom stereocenters. The summed E-state index contributed by atoms with van der Waals surface area (Å²) in [6.07, 6.45) is 4.50. The lowest BCUT2D eigenvalue weighted by Crippen LogP contribution is -2.47. The molecule has 0 saturated carbocycles. The average Bonchev–Trinajstić information content (AvgIpc) is 2.61. The predicted molar refractivity (Wildman–Crippen MR) is 87.4 cm³/mol. The second-order valence-corrected chi connectivity index (χ2v) is 5.49. The molecule has 2 heterocycles. The van der Waals surface area contributed by atoms with E-state index in [-0.39, 0.29) is 0 Å². The molecule has 1 fully saturated rings. The van der Waals surface area contributed by atoms with Crippen molar-refractivity contribution in [3.63, 3.8) is 0 Å². The molecule has 0 radical (unpaired) electrons. The van der Waals surface area contributed by atoms with E-state index in [1.165, 1.54) is 5.56 Å². The molecule has 2 aromatic rings. The number of hydrogen-bond donors (Lipinski definition) is 0. The van der Waals surface area contributed by atoms with Gasteiger partial charge in [-0.15, -0.1) is 0 Å². The summed E-state index contributed by atoms with van der Waals surface area (Å²) in [6, 6.07) is 10.3. The molecule has 116 valence electrons. The first-order valence-electron chi connectivity index (χ1n) is 7.71. The van der Waals surface area contributed by atoms with Crippen LogP contribution >= 0.6 is 0 Å². The number of nitrogens with zero attached hydrogens (tertiary/aromatic N) is 4. The van der Waals surface area contributed by atoms with Gasteiger partial charge >= 0.3 is 0 Å². The van der Waals surface area contributed by atoms with E-state index in [9.17, 15) is 0 Å². The van der Waals surface area contributed by atoms with Gasteiger partial charge in [-0.3, -0.25) is 4.90 Å². The van der Waals surface area contributed by atoms with Crippen molar-refractivity contribution in [2.75, 3.05) is 44.7 Å². The van der Waals surface area contributed by atoms with Crippen LogP contribution in [0.15, 0.2) is 42.9 Å². The molecule has 0 atom stereocenters. The molecule has 1 aliphatic rings. The number of benzene rings is 1. The van der Waals surface area contributed by atoms with Crippen LogP contribution in [0, 0.1) is 0 Å². The molecule has 0 aliphatic carbocycles. The van der Waals surface area contributed by atoms with Crippen LogP contribution in [0.5, 0.6) is 5.75 Å². The van der Waals surface area contributed by atoms with Gasteiger partial charge in [0.1, 0.15) is 17.9 Å². The number of rotatable bonds is 5. The average molecular weight is 298 g/mol. The fraction of sp³-hybridized carbons (Fsp3) is 0.412. The van der Waals surface area contributed by atoms with Gasteiger partial charge in [0.2, 0.25) is 0 Å². The Labute approximate surface area is 131 Å². The van der Waals surface area contributed by atoms with Crippen molar-refractivity contribution in [3.05, 3.63) is 48.4 Å². The molecule has 0 bridgehead atoms. The SMILES string of the molecule is COc1ccc(CCN2CCN(c3ccncn3)CC2)cc1. The van der Waals surface area contributed by atoms with Crippen LogP contribution in [0.3, 0.4) is 0 Å². The van der Waals surface area contributed by atoms with Gasteiger partial charge in [-0.2, -0.15) is 0 Å². The molecule has 0 amide bonds. The van der Waals surface area contributed by atoms with Crippen molar-refractivity contribution in [3.8, 4) is 5.75 Å². The van der Waals surface area contributed by atoms with Crippen molar-refractivity contribution in [1.29, 1.82) is 0 Å². The minimum atomic E-state index is 0.919. The van der Waals surface area contributed by atoms with E-state index in [1.807, 2.05) is 18.2 Å². The summed E-state index contributed by atoms with van der Waals surface area (Å²) in [4.78, 5) is 13.1. The molecule has 3 rings (SSSR count). The summed E-state index contributed by atoms with van der Waals surface area (Å²) in [7, 11) is 1.70. The van der Waals surface area contributed by atoms with Crippen molar-refractivity contribution < 1.29 is 4.74 Å². The highest BCUT2D eigenvalue weighted by atomic mass is 16.5. The molecule has 0 spiro atoms. The molecule has 5 nitrogen and oxygen atoms in total. The van der Waals surface area contributed by atoms with Crippen LogP contribution in [0.1, 0.15) is 5.56 Å². The molecule has 1 aromatic carbocycles. The van der Waals surface area contributed by atoms with Crippen molar-refractivity contribution in [2.45, 2.75) is 6.42 Å². The summed E-state index contributed by atoms with van der Waals surface area (Å²) in [5, 5.41) is 0. The molecular weight excluding hydrogens is 276 g/mol. The number of aromatic nitrogens is 2. The summed E-state index contributed by atoms with van der Waals surface area (Å²) >= 11 is 0. The fourth-order valence-corrected chi connectivity index (χ4v) is 2.75. The zero-order valence-corrected chi connectivity index (χ0v) is 13.0. The predicted octanol–water partition coefficient (Wildman–Crippen LogP) is 1.85. The quantitative estimate of drug-likeness (QED) is 0.842. The highest BCUT2D eigenvalue weighted by Crippen LogP contribution is 2.14. The summed E-state index contributed by atoms with van der Waals surface area (Å²) < 4.78 is 5.19. The highest BCUT2D eigenvalue weighted by Gasteiger charge is 2.17. The van der Waals surface area contributed by atoms with E-state index >= 15 is 0 Å². The molecule has 5 heteroatoms. The molecule has 0 N–H and O–H groups in total. The zero-order valence-electron chi connectivity index (χ0n) is 13.0. The Bertz CT molecular complexity index is 565. The lowest BCUT2D eigenvalue weighted by atomic mass is 10.1. The van der Waals surface area contributed by atoms with Gasteiger partial charge in [-0.25, -0.2) is 9.97 Å². The number of methoxy groups -OCH3 is 1. The van der Waals surface area contributed by atoms with Gasteiger partial charge in [0.25, 0.3) is 0 Å². The number of anilines is 1. The topological polar surface area (TPSA) is 41.5 Å². The lowest BCUT2D eigenvalue weighted by molar-refractivity contribution is 0.260. The number of hydrogen-bond acceptors (Lipinski definition) is 5. The summed E-state index contributed by atoms with van der Waals surface area (Å²) in [6.45, 7) is 5.32. The van der Waals surface area contributed by atoms with Crippen LogP contribution in [0.25, 0.3) is 0 Å². The Hall–Kier alpha value is -2.14. The van der Waals surface area contributed by atoms with E-state index in [0.717, 1.165) is 50.7 Å². The molecule has 22 heavy (non-hydrogen) atoms. The van der Waals surface area contributed by atoms with E-state index in [2.05, 4.69) is 31.9 Å². The fourth-order valence-electron chi connectivity index (χ4n) is 2.75. The number of ether oxygens (including phenoxy) is 1. The van der Waals surface area contributed by atoms with Gasteiger partial charge in [-0.05, 0) is 30.2 Å². The van der Waals surface area contributed by atoms with Gasteiger partial charge in [0.15, 0.2) is 0 Å². The van der Waals surface area contributed by atoms with E-state index < -0.39 is 0 Å². The third-order valence-corrected chi connectivity index (χ3v) is 4.14. The first-order chi connectivity index (χ1) is 10.8. The van der Waals surface area contributed by atoms with E-state index in [1.54, 1.807) is 19.6 Å². The van der Waals surface area contributed by atoms with Crippen LogP contribution in [-0.4, -0.2) is 54.7 Å². The monoisotopic (exact) mass is 298 g/mol. The van der Waals surface area contributed by atoms with Crippen LogP contribution < -0.4 is 9.64 Å². The molecule has 1 aliphatic heterocycles. The largest absolute Gasteiger partial charge is 0.497 e. The normalized spacial score (nSPS) is 15.8. The van der Waals surface area contributed by atoms with Gasteiger partial charge in [-0.1, -0.05) is 12.1 Å². The molecule has 1 saturated heterocycles. The van der Waals surface area contributed by atoms with Gasteiger partial charge in [0.05, 0.1) is 7.11 Å². The Morgan fingerprint density at radius 1 is 1.05 bits per heavy atom. The minimum Gasteiger partial charge on any atom is -0.497 e. The maximum absolute atomic E-state index is 5.19. The Morgan fingerprint density at radius 3 is 2.45 bits per heavy atom. The lowest BCUT2D eigenvalue weighted by Gasteiger charge is -2.35. The van der Waals surface area contributed by atoms with Crippen LogP contribution in [0.2, 0.25) is 0 Å². The zero-order chi connectivity index (χ0) is 15.2. The first kappa shape index (κ1) is 14.8. The summed E-state index contributed by atoms with van der Waals surface area (Å²) in [5.74, 6) is 1.95. The van der Waals surface area contributed by atoms with E-state index in [4.69, 9.17) is 4.74 Å². The summed E-state index contributed by atoms with van der Waals surface area (Å²) in [5.41, 5.74) is 1.36. The first-order valence-corrected chi connectivity index (χ1v) is 7.71. The third kappa shape index (κ3) is 3.74. The molecular formula is C17H22N4O. The third-order valence-electron chi connectivity index (χ3n) is 4.14. The maximum atomic E-state index is 5.19. The Morgan fingerprint density at radius 2 is 1.82 bits per heavy atom. The molecule has 1 aromatic heterocycles. The minimum absolute atomic E-state index is 0.919. The Balaban J connectivity index is 1.45. The van der Waals surface area contributed by atoms with Crippen molar-refractivity contribution >= 4 is 5.82 Å². The van der Waals surface area contributed by atoms with Crippen LogP contribution in [-0.2, 0) is 6.42 Å². The van der Waals surface area contributed by atoms with Crippen molar-refractivity contribution in [2.24, 2.45) is 0 Å². The van der Waals surface area contributed by atoms with Gasteiger partial charge < -0.3 is 9.64 Å². The maximum Gasteiger partial charge on any atom is 0.131 e. The standard InChI is InChI=1S/C17H22N4O/c1-22-16-4-2-15(3-5-16)7-9-20-10-12-21(13-11-20)17-6-8-18-14-19-17/h2-6,8,14H,7,9-13H2,1H3. The smallest absolute Gasteiger partial charge is 0.131 e. The van der Waals surface area contributed by atoms with Crippen molar-refractivity contribution in [1.82, 2.24) is 14.9 Å². The van der Waals surface area contributed by atoms with Crippen LogP contribution in [0.4, 0.5) is 5.82 Å². The van der Waals surface area contributed by atoms with E-state index in [0.29, 0.717) is 0 Å². The highest BCUT2D eigenvalue weighted by molar-refractivity contribution is 5.37. The second kappa shape index (κ2) is 7.22.